The van der Waals surface area contributed by atoms with Crippen molar-refractivity contribution < 1.29 is 13.2 Å². The Kier molecular flexibility index (Phi) is 3.68. The number of hydrogen-bond donors (Lipinski definition) is 3. The van der Waals surface area contributed by atoms with Crippen LogP contribution >= 0.6 is 0 Å². The van der Waals surface area contributed by atoms with Gasteiger partial charge in [0, 0.05) is 7.05 Å². The molecule has 0 atom stereocenters. The van der Waals surface area contributed by atoms with Gasteiger partial charge in [0.1, 0.15) is 0 Å². The molecule has 0 aromatic carbocycles. The van der Waals surface area contributed by atoms with Gasteiger partial charge in [-0.05, 0) is 20.8 Å². The molecule has 7 heteroatoms. The van der Waals surface area contributed by atoms with E-state index in [4.69, 9.17) is 0 Å². The number of hydrogen-bond acceptors (Lipinski definition) is 3. The van der Waals surface area contributed by atoms with Crippen molar-refractivity contribution >= 4 is 16.1 Å². The summed E-state index contributed by atoms with van der Waals surface area (Å²) >= 11 is 0. The van der Waals surface area contributed by atoms with Crippen LogP contribution in [0.5, 0.6) is 0 Å². The minimum absolute atomic E-state index is 0.604. The van der Waals surface area contributed by atoms with E-state index >= 15 is 0 Å². The first-order valence-corrected chi connectivity index (χ1v) is 5.18. The SMILES string of the molecule is CNC(=O)NNS(=O)(=O)C(C)(C)C. The topological polar surface area (TPSA) is 87.3 Å². The maximum absolute atomic E-state index is 11.3. The van der Waals surface area contributed by atoms with Crippen LogP contribution in [0.2, 0.25) is 0 Å². The molecular formula is C6H15N3O3S. The molecule has 0 saturated heterocycles. The molecule has 0 radical (unpaired) electrons. The van der Waals surface area contributed by atoms with Crippen LogP contribution in [0.1, 0.15) is 20.8 Å². The second-order valence-corrected chi connectivity index (χ2v) is 5.86. The van der Waals surface area contributed by atoms with Gasteiger partial charge in [0.2, 0.25) is 10.0 Å². The zero-order chi connectivity index (χ0) is 10.7. The van der Waals surface area contributed by atoms with Gasteiger partial charge in [-0.25, -0.2) is 13.2 Å². The average Bonchev–Trinajstić information content (AvgIpc) is 1.98. The van der Waals surface area contributed by atoms with E-state index in [9.17, 15) is 13.2 Å². The van der Waals surface area contributed by atoms with Crippen LogP contribution in [-0.4, -0.2) is 26.2 Å². The van der Waals surface area contributed by atoms with E-state index in [0.29, 0.717) is 0 Å². The van der Waals surface area contributed by atoms with Gasteiger partial charge in [-0.1, -0.05) is 0 Å². The highest BCUT2D eigenvalue weighted by atomic mass is 32.2. The first-order valence-electron chi connectivity index (χ1n) is 3.70. The Morgan fingerprint density at radius 3 is 2.00 bits per heavy atom. The van der Waals surface area contributed by atoms with E-state index < -0.39 is 20.8 Å². The van der Waals surface area contributed by atoms with Crippen LogP contribution < -0.4 is 15.6 Å². The van der Waals surface area contributed by atoms with Gasteiger partial charge in [-0.2, -0.15) is 0 Å². The Labute approximate surface area is 78.1 Å². The van der Waals surface area contributed by atoms with E-state index in [-0.39, 0.29) is 0 Å². The Morgan fingerprint density at radius 2 is 1.69 bits per heavy atom. The maximum atomic E-state index is 11.3. The Balaban J connectivity index is 4.30. The van der Waals surface area contributed by atoms with Gasteiger partial charge in [-0.15, -0.1) is 4.83 Å². The summed E-state index contributed by atoms with van der Waals surface area (Å²) < 4.78 is 21.7. The molecule has 78 valence electrons. The summed E-state index contributed by atoms with van der Waals surface area (Å²) in [4.78, 5) is 12.6. The molecule has 0 aliphatic heterocycles. The minimum atomic E-state index is -3.52. The molecule has 0 aliphatic rings. The predicted octanol–water partition coefficient (Wildman–Crippen LogP) is -0.452. The molecular weight excluding hydrogens is 194 g/mol. The maximum Gasteiger partial charge on any atom is 0.329 e. The standard InChI is InChI=1S/C6H15N3O3S/c1-6(2,3)13(11,12)9-8-5(10)7-4/h9H,1-4H3,(H2,7,8,10). The first kappa shape index (κ1) is 12.2. The summed E-state index contributed by atoms with van der Waals surface area (Å²) in [7, 11) is -2.14. The molecule has 0 unspecified atom stereocenters. The quantitative estimate of drug-likeness (QED) is 0.538. The van der Waals surface area contributed by atoms with E-state index in [2.05, 4.69) is 5.32 Å². The van der Waals surface area contributed by atoms with Crippen molar-refractivity contribution in [1.82, 2.24) is 15.6 Å². The third-order valence-corrected chi connectivity index (χ3v) is 3.32. The van der Waals surface area contributed by atoms with E-state index in [0.717, 1.165) is 0 Å². The fourth-order valence-corrected chi connectivity index (χ4v) is 0.862. The summed E-state index contributed by atoms with van der Waals surface area (Å²) in [5.41, 5.74) is 1.99. The molecule has 0 spiro atoms. The summed E-state index contributed by atoms with van der Waals surface area (Å²) in [6.45, 7) is 4.59. The predicted molar refractivity (Wildman–Crippen MR) is 49.4 cm³/mol. The molecule has 0 fully saturated rings. The van der Waals surface area contributed by atoms with Gasteiger partial charge in [0.25, 0.3) is 0 Å². The fraction of sp³-hybridized carbons (Fsp3) is 0.833. The van der Waals surface area contributed by atoms with Crippen LogP contribution in [0, 0.1) is 0 Å². The lowest BCUT2D eigenvalue weighted by molar-refractivity contribution is 0.241. The van der Waals surface area contributed by atoms with Crippen molar-refractivity contribution in [1.29, 1.82) is 0 Å². The van der Waals surface area contributed by atoms with Crippen LogP contribution in [-0.2, 0) is 10.0 Å². The second kappa shape index (κ2) is 3.93. The Morgan fingerprint density at radius 1 is 1.23 bits per heavy atom. The lowest BCUT2D eigenvalue weighted by Gasteiger charge is -2.19. The van der Waals surface area contributed by atoms with Gasteiger partial charge in [0.15, 0.2) is 0 Å². The van der Waals surface area contributed by atoms with E-state index in [1.54, 1.807) is 0 Å². The Hall–Kier alpha value is -0.820. The third kappa shape index (κ3) is 3.60. The first-order chi connectivity index (χ1) is 5.70. The average molecular weight is 209 g/mol. The van der Waals surface area contributed by atoms with Gasteiger partial charge in [-0.3, -0.25) is 5.43 Å². The highest BCUT2D eigenvalue weighted by Crippen LogP contribution is 2.11. The summed E-state index contributed by atoms with van der Waals surface area (Å²) in [5.74, 6) is 0. The highest BCUT2D eigenvalue weighted by Gasteiger charge is 2.28. The number of amides is 2. The summed E-state index contributed by atoms with van der Waals surface area (Å²) in [5, 5.41) is 2.21. The lowest BCUT2D eigenvalue weighted by Crippen LogP contribution is -2.51. The summed E-state index contributed by atoms with van der Waals surface area (Å²) in [6.07, 6.45) is 0. The van der Waals surface area contributed by atoms with Crippen molar-refractivity contribution in [3.8, 4) is 0 Å². The van der Waals surface area contributed by atoms with Crippen molar-refractivity contribution in [3.05, 3.63) is 0 Å². The van der Waals surface area contributed by atoms with Crippen LogP contribution in [0.25, 0.3) is 0 Å². The van der Waals surface area contributed by atoms with Crippen LogP contribution in [0.3, 0.4) is 0 Å². The van der Waals surface area contributed by atoms with Crippen LogP contribution in [0.4, 0.5) is 4.79 Å². The molecule has 13 heavy (non-hydrogen) atoms. The van der Waals surface area contributed by atoms with Gasteiger partial charge < -0.3 is 5.32 Å². The van der Waals surface area contributed by atoms with Crippen LogP contribution in [0.15, 0.2) is 0 Å². The normalized spacial score (nSPS) is 12.3. The van der Waals surface area contributed by atoms with Gasteiger partial charge in [0.05, 0.1) is 4.75 Å². The smallest absolute Gasteiger partial charge is 0.329 e. The number of sulfonamides is 1. The third-order valence-electron chi connectivity index (χ3n) is 1.33. The second-order valence-electron chi connectivity index (χ2n) is 3.42. The molecule has 0 heterocycles. The number of nitrogens with one attached hydrogen (secondary N) is 3. The molecule has 0 rings (SSSR count). The molecule has 0 saturated carbocycles. The van der Waals surface area contributed by atoms with Crippen molar-refractivity contribution in [3.63, 3.8) is 0 Å². The van der Waals surface area contributed by atoms with E-state index in [1.807, 2.05) is 10.3 Å². The number of carbonyl (C=O) groups is 1. The number of urea groups is 1. The molecule has 0 aromatic heterocycles. The van der Waals surface area contributed by atoms with Crippen molar-refractivity contribution in [2.45, 2.75) is 25.5 Å². The molecule has 6 nitrogen and oxygen atoms in total. The molecule has 3 N–H and O–H groups in total. The van der Waals surface area contributed by atoms with Gasteiger partial charge >= 0.3 is 6.03 Å². The van der Waals surface area contributed by atoms with E-state index in [1.165, 1.54) is 27.8 Å². The number of rotatable bonds is 2. The Bertz CT molecular complexity index is 278. The lowest BCUT2D eigenvalue weighted by atomic mass is 10.3. The monoisotopic (exact) mass is 209 g/mol. The number of hydrazine groups is 1. The zero-order valence-corrected chi connectivity index (χ0v) is 8.95. The number of carbonyl (C=O) groups excluding carboxylic acids is 1. The molecule has 0 bridgehead atoms. The molecule has 0 aliphatic carbocycles. The largest absolute Gasteiger partial charge is 0.340 e. The molecule has 2 amide bonds. The molecule has 0 aromatic rings. The minimum Gasteiger partial charge on any atom is -0.340 e. The van der Waals surface area contributed by atoms with Crippen molar-refractivity contribution in [2.75, 3.05) is 7.05 Å². The fourth-order valence-electron chi connectivity index (χ4n) is 0.329. The summed E-state index contributed by atoms with van der Waals surface area (Å²) in [6, 6.07) is -0.604. The highest BCUT2D eigenvalue weighted by molar-refractivity contribution is 7.90. The van der Waals surface area contributed by atoms with Crippen molar-refractivity contribution in [2.24, 2.45) is 0 Å². The zero-order valence-electron chi connectivity index (χ0n) is 8.13.